The van der Waals surface area contributed by atoms with E-state index >= 15 is 0 Å². The predicted molar refractivity (Wildman–Crippen MR) is 166 cm³/mol. The smallest absolute Gasteiger partial charge is 0.240 e. The van der Waals surface area contributed by atoms with Crippen LogP contribution in [0.1, 0.15) is 48.9 Å². The molecule has 0 atom stereocenters. The summed E-state index contributed by atoms with van der Waals surface area (Å²) >= 11 is 9.88. The highest BCUT2D eigenvalue weighted by molar-refractivity contribution is 9.10. The second-order valence-corrected chi connectivity index (χ2v) is 12.8. The Morgan fingerprint density at radius 3 is 2.50 bits per heavy atom. The fourth-order valence-electron chi connectivity index (χ4n) is 4.16. The number of rotatable bonds is 12. The SMILES string of the molecule is C/C(=N\c1c(Br)cnn1CNCCc1cccc(CNS(=O)(=O)c2ccc(C(C)C)cc2)c1)c1ccccc1Cl. The second kappa shape index (κ2) is 13.7. The molecule has 10 heteroatoms. The molecule has 0 fully saturated rings. The molecule has 3 aromatic carbocycles. The van der Waals surface area contributed by atoms with E-state index in [2.05, 4.69) is 44.9 Å². The van der Waals surface area contributed by atoms with Gasteiger partial charge in [-0.1, -0.05) is 80.0 Å². The quantitative estimate of drug-likeness (QED) is 0.131. The molecule has 1 aromatic heterocycles. The van der Waals surface area contributed by atoms with Gasteiger partial charge in [0.1, 0.15) is 0 Å². The molecule has 0 aliphatic rings. The van der Waals surface area contributed by atoms with Crippen molar-refractivity contribution in [2.45, 2.75) is 51.2 Å². The van der Waals surface area contributed by atoms with Gasteiger partial charge in [0.2, 0.25) is 10.0 Å². The predicted octanol–water partition coefficient (Wildman–Crippen LogP) is 6.83. The van der Waals surface area contributed by atoms with Crippen molar-refractivity contribution >= 4 is 49.1 Å². The number of halogens is 2. The number of aromatic nitrogens is 2. The highest BCUT2D eigenvalue weighted by atomic mass is 79.9. The lowest BCUT2D eigenvalue weighted by Crippen LogP contribution is -2.23. The van der Waals surface area contributed by atoms with Gasteiger partial charge >= 0.3 is 0 Å². The summed E-state index contributed by atoms with van der Waals surface area (Å²) in [6.45, 7) is 7.50. The topological polar surface area (TPSA) is 88.4 Å². The summed E-state index contributed by atoms with van der Waals surface area (Å²) in [6.07, 6.45) is 2.50. The molecule has 2 N–H and O–H groups in total. The third-order valence-corrected chi connectivity index (χ3v) is 8.78. The Kier molecular flexibility index (Phi) is 10.3. The third kappa shape index (κ3) is 7.89. The summed E-state index contributed by atoms with van der Waals surface area (Å²) in [7, 11) is -3.59. The van der Waals surface area contributed by atoms with E-state index < -0.39 is 10.0 Å². The van der Waals surface area contributed by atoms with Crippen LogP contribution in [0.25, 0.3) is 0 Å². The summed E-state index contributed by atoms with van der Waals surface area (Å²) in [6, 6.07) is 22.6. The molecule has 4 rings (SSSR count). The van der Waals surface area contributed by atoms with Crippen molar-refractivity contribution in [1.82, 2.24) is 19.8 Å². The molecule has 0 aliphatic heterocycles. The van der Waals surface area contributed by atoms with Crippen LogP contribution in [0.5, 0.6) is 0 Å². The molecule has 0 saturated carbocycles. The van der Waals surface area contributed by atoms with Crippen LogP contribution in [0.4, 0.5) is 5.82 Å². The first-order valence-corrected chi connectivity index (χ1v) is 15.7. The van der Waals surface area contributed by atoms with E-state index in [0.717, 1.165) is 38.9 Å². The fraction of sp³-hybridized carbons (Fsp3) is 0.267. The molecule has 40 heavy (non-hydrogen) atoms. The van der Waals surface area contributed by atoms with E-state index in [1.54, 1.807) is 23.0 Å². The highest BCUT2D eigenvalue weighted by Crippen LogP contribution is 2.27. The lowest BCUT2D eigenvalue weighted by molar-refractivity contribution is 0.517. The average molecular weight is 643 g/mol. The van der Waals surface area contributed by atoms with E-state index in [-0.39, 0.29) is 11.4 Å². The van der Waals surface area contributed by atoms with E-state index in [1.165, 1.54) is 0 Å². The van der Waals surface area contributed by atoms with Crippen LogP contribution in [0.2, 0.25) is 5.02 Å². The zero-order valence-electron chi connectivity index (χ0n) is 22.7. The first kappa shape index (κ1) is 30.1. The van der Waals surface area contributed by atoms with Crippen molar-refractivity contribution in [1.29, 1.82) is 0 Å². The zero-order valence-corrected chi connectivity index (χ0v) is 25.9. The fourth-order valence-corrected chi connectivity index (χ4v) is 5.84. The Morgan fingerprint density at radius 2 is 1.77 bits per heavy atom. The number of hydrogen-bond donors (Lipinski definition) is 2. The molecule has 0 amide bonds. The van der Waals surface area contributed by atoms with Gasteiger partial charge in [0.25, 0.3) is 0 Å². The Bertz CT molecular complexity index is 1580. The van der Waals surface area contributed by atoms with Crippen LogP contribution in [0.15, 0.2) is 93.4 Å². The molecule has 0 spiro atoms. The van der Waals surface area contributed by atoms with Gasteiger partial charge < -0.3 is 0 Å². The molecule has 0 radical (unpaired) electrons. The number of aliphatic imine (C=N–C) groups is 1. The van der Waals surface area contributed by atoms with Crippen molar-refractivity contribution in [2.75, 3.05) is 6.54 Å². The number of benzene rings is 3. The lowest BCUT2D eigenvalue weighted by Gasteiger charge is -2.11. The Morgan fingerprint density at radius 1 is 1.05 bits per heavy atom. The first-order chi connectivity index (χ1) is 19.1. The maximum absolute atomic E-state index is 12.8. The van der Waals surface area contributed by atoms with Crippen molar-refractivity contribution in [3.8, 4) is 0 Å². The van der Waals surface area contributed by atoms with Crippen LogP contribution in [-0.4, -0.2) is 30.5 Å². The van der Waals surface area contributed by atoms with Crippen LogP contribution >= 0.6 is 27.5 Å². The Labute approximate surface area is 249 Å². The van der Waals surface area contributed by atoms with Crippen LogP contribution in [0, 0.1) is 0 Å². The summed E-state index contributed by atoms with van der Waals surface area (Å²) < 4.78 is 30.8. The summed E-state index contributed by atoms with van der Waals surface area (Å²) in [5.41, 5.74) is 4.80. The van der Waals surface area contributed by atoms with Gasteiger partial charge in [0.05, 0.1) is 22.2 Å². The number of nitrogens with zero attached hydrogens (tertiary/aromatic N) is 3. The number of nitrogens with one attached hydrogen (secondary N) is 2. The molecule has 0 saturated heterocycles. The molecule has 4 aromatic rings. The largest absolute Gasteiger partial charge is 0.298 e. The van der Waals surface area contributed by atoms with Gasteiger partial charge in [0, 0.05) is 29.4 Å². The number of sulfonamides is 1. The standard InChI is InChI=1S/C30H33BrClN5O2S/c1-21(2)25-11-13-26(14-12-25)40(38,39)35-18-24-8-6-7-23(17-24)15-16-33-20-37-30(28(31)19-34-37)36-22(3)27-9-4-5-10-29(27)32/h4-14,17,19,21,33,35H,15-16,18,20H2,1-3H3/b36-22+. The molecule has 1 heterocycles. The van der Waals surface area contributed by atoms with E-state index in [1.807, 2.05) is 67.6 Å². The van der Waals surface area contributed by atoms with Crippen LogP contribution < -0.4 is 10.0 Å². The molecule has 210 valence electrons. The van der Waals surface area contributed by atoms with Gasteiger partial charge in [-0.3, -0.25) is 5.32 Å². The van der Waals surface area contributed by atoms with Crippen LogP contribution in [0.3, 0.4) is 0 Å². The molecule has 0 aliphatic carbocycles. The summed E-state index contributed by atoms with van der Waals surface area (Å²) in [4.78, 5) is 5.03. The minimum absolute atomic E-state index is 0.225. The van der Waals surface area contributed by atoms with E-state index in [4.69, 9.17) is 16.6 Å². The normalized spacial score (nSPS) is 12.3. The van der Waals surface area contributed by atoms with Crippen molar-refractivity contribution in [3.63, 3.8) is 0 Å². The zero-order chi connectivity index (χ0) is 28.7. The van der Waals surface area contributed by atoms with Gasteiger partial charge in [-0.25, -0.2) is 22.8 Å². The van der Waals surface area contributed by atoms with Gasteiger partial charge in [0.15, 0.2) is 5.82 Å². The molecular formula is C30H33BrClN5O2S. The molecular weight excluding hydrogens is 610 g/mol. The third-order valence-electron chi connectivity index (χ3n) is 6.47. The minimum Gasteiger partial charge on any atom is -0.298 e. The van der Waals surface area contributed by atoms with Gasteiger partial charge in [-0.15, -0.1) is 0 Å². The Balaban J connectivity index is 1.31. The molecule has 0 bridgehead atoms. The van der Waals surface area contributed by atoms with Gasteiger partial charge in [-0.2, -0.15) is 5.10 Å². The summed E-state index contributed by atoms with van der Waals surface area (Å²) in [5.74, 6) is 1.06. The lowest BCUT2D eigenvalue weighted by atomic mass is 10.0. The van der Waals surface area contributed by atoms with Crippen molar-refractivity contribution in [2.24, 2.45) is 4.99 Å². The van der Waals surface area contributed by atoms with Gasteiger partial charge in [-0.05, 0) is 70.1 Å². The second-order valence-electron chi connectivity index (χ2n) is 9.77. The average Bonchev–Trinajstić information content (AvgIpc) is 3.29. The maximum atomic E-state index is 12.8. The minimum atomic E-state index is -3.59. The first-order valence-electron chi connectivity index (χ1n) is 13.0. The van der Waals surface area contributed by atoms with Crippen molar-refractivity contribution < 1.29 is 8.42 Å². The van der Waals surface area contributed by atoms with Crippen LogP contribution in [-0.2, 0) is 29.7 Å². The van der Waals surface area contributed by atoms with Crippen molar-refractivity contribution in [3.05, 3.63) is 111 Å². The summed E-state index contributed by atoms with van der Waals surface area (Å²) in [5, 5.41) is 8.49. The monoisotopic (exact) mass is 641 g/mol. The van der Waals surface area contributed by atoms with E-state index in [9.17, 15) is 8.42 Å². The maximum Gasteiger partial charge on any atom is 0.240 e. The molecule has 0 unspecified atom stereocenters. The van der Waals surface area contributed by atoms with E-state index in [0.29, 0.717) is 30.0 Å². The molecule has 7 nitrogen and oxygen atoms in total. The number of hydrogen-bond acceptors (Lipinski definition) is 5. The highest BCUT2D eigenvalue weighted by Gasteiger charge is 2.14. The Hall–Kier alpha value is -2.82.